The van der Waals surface area contributed by atoms with E-state index in [4.69, 9.17) is 5.73 Å². The lowest BCUT2D eigenvalue weighted by molar-refractivity contribution is -0.119. The van der Waals surface area contributed by atoms with Gasteiger partial charge in [-0.25, -0.2) is 0 Å². The molecule has 0 aromatic heterocycles. The Labute approximate surface area is 166 Å². The molecule has 0 bridgehead atoms. The Morgan fingerprint density at radius 3 is 2.25 bits per heavy atom. The summed E-state index contributed by atoms with van der Waals surface area (Å²) in [6, 6.07) is 15.5. The van der Waals surface area contributed by atoms with E-state index in [1.165, 1.54) is 24.9 Å². The third-order valence-corrected chi connectivity index (χ3v) is 5.69. The fourth-order valence-corrected chi connectivity index (χ4v) is 4.16. The second-order valence-electron chi connectivity index (χ2n) is 7.48. The van der Waals surface area contributed by atoms with Gasteiger partial charge in [0.05, 0.1) is 5.92 Å². The van der Waals surface area contributed by atoms with Gasteiger partial charge in [-0.3, -0.25) is 9.59 Å². The lowest BCUT2D eigenvalue weighted by Gasteiger charge is -2.33. The molecule has 0 radical (unpaired) electrons. The van der Waals surface area contributed by atoms with Gasteiger partial charge in [0.1, 0.15) is 0 Å². The molecule has 2 amide bonds. The molecule has 5 heteroatoms. The highest BCUT2D eigenvalue weighted by Gasteiger charge is 2.29. The Balaban J connectivity index is 1.93. The van der Waals surface area contributed by atoms with Crippen LogP contribution in [0.25, 0.3) is 0 Å². The minimum Gasteiger partial charge on any atom is -0.371 e. The van der Waals surface area contributed by atoms with Gasteiger partial charge in [0.2, 0.25) is 5.91 Å². The Morgan fingerprint density at radius 2 is 1.64 bits per heavy atom. The molecular weight excluding hydrogens is 350 g/mol. The second-order valence-corrected chi connectivity index (χ2v) is 7.48. The van der Waals surface area contributed by atoms with Crippen LogP contribution in [0.15, 0.2) is 48.5 Å². The SMILES string of the molecule is CNC(=O)c1ccc(C(C(N)=O)C(C)c2ccccc2N2CCCCC2)cc1. The number of hydrogen-bond donors (Lipinski definition) is 2. The zero-order chi connectivity index (χ0) is 20.1. The molecule has 148 valence electrons. The summed E-state index contributed by atoms with van der Waals surface area (Å²) < 4.78 is 0. The molecule has 0 saturated carbocycles. The molecule has 1 aliphatic heterocycles. The highest BCUT2D eigenvalue weighted by Crippen LogP contribution is 2.38. The van der Waals surface area contributed by atoms with Crippen LogP contribution in [0.2, 0.25) is 0 Å². The van der Waals surface area contributed by atoms with Gasteiger partial charge in [-0.15, -0.1) is 0 Å². The van der Waals surface area contributed by atoms with Crippen LogP contribution in [-0.2, 0) is 4.79 Å². The summed E-state index contributed by atoms with van der Waals surface area (Å²) >= 11 is 0. The summed E-state index contributed by atoms with van der Waals surface area (Å²) in [5, 5.41) is 2.61. The maximum atomic E-state index is 12.4. The van der Waals surface area contributed by atoms with Crippen LogP contribution in [0.4, 0.5) is 5.69 Å². The second kappa shape index (κ2) is 8.91. The number of carbonyl (C=O) groups excluding carboxylic acids is 2. The summed E-state index contributed by atoms with van der Waals surface area (Å²) in [5.41, 5.74) is 9.57. The summed E-state index contributed by atoms with van der Waals surface area (Å²) in [5.74, 6) is -1.02. The molecule has 2 aromatic carbocycles. The number of rotatable bonds is 6. The number of hydrogen-bond acceptors (Lipinski definition) is 3. The molecule has 1 saturated heterocycles. The number of nitrogens with one attached hydrogen (secondary N) is 1. The molecule has 1 aliphatic rings. The molecule has 0 aliphatic carbocycles. The van der Waals surface area contributed by atoms with Crippen molar-refractivity contribution in [2.45, 2.75) is 38.0 Å². The molecule has 0 spiro atoms. The number of anilines is 1. The maximum Gasteiger partial charge on any atom is 0.251 e. The first-order valence-corrected chi connectivity index (χ1v) is 9.98. The highest BCUT2D eigenvalue weighted by atomic mass is 16.2. The van der Waals surface area contributed by atoms with Gasteiger partial charge in [-0.1, -0.05) is 37.3 Å². The van der Waals surface area contributed by atoms with Crippen molar-refractivity contribution in [1.82, 2.24) is 5.32 Å². The molecule has 2 atom stereocenters. The van der Waals surface area contributed by atoms with E-state index >= 15 is 0 Å². The van der Waals surface area contributed by atoms with Crippen molar-refractivity contribution in [3.05, 3.63) is 65.2 Å². The minimum absolute atomic E-state index is 0.0681. The first-order valence-electron chi connectivity index (χ1n) is 9.98. The smallest absolute Gasteiger partial charge is 0.251 e. The van der Waals surface area contributed by atoms with Crippen LogP contribution in [0.1, 0.15) is 59.5 Å². The number of carbonyl (C=O) groups is 2. The fraction of sp³-hybridized carbons (Fsp3) is 0.391. The van der Waals surface area contributed by atoms with E-state index in [-0.39, 0.29) is 17.7 Å². The molecular formula is C23H29N3O2. The Bertz CT molecular complexity index is 826. The normalized spacial score (nSPS) is 16.3. The van der Waals surface area contributed by atoms with E-state index in [2.05, 4.69) is 35.3 Å². The zero-order valence-electron chi connectivity index (χ0n) is 16.7. The number of benzene rings is 2. The van der Waals surface area contributed by atoms with Crippen LogP contribution in [0.5, 0.6) is 0 Å². The topological polar surface area (TPSA) is 75.4 Å². The van der Waals surface area contributed by atoms with Gasteiger partial charge in [-0.05, 0) is 54.5 Å². The number of nitrogens with zero attached hydrogens (tertiary/aromatic N) is 1. The van der Waals surface area contributed by atoms with E-state index in [1.54, 1.807) is 19.2 Å². The molecule has 3 rings (SSSR count). The van der Waals surface area contributed by atoms with E-state index in [0.29, 0.717) is 5.56 Å². The molecule has 2 aromatic rings. The number of piperidine rings is 1. The first-order chi connectivity index (χ1) is 13.5. The molecule has 3 N–H and O–H groups in total. The largest absolute Gasteiger partial charge is 0.371 e. The van der Waals surface area contributed by atoms with Gasteiger partial charge in [0.25, 0.3) is 5.91 Å². The van der Waals surface area contributed by atoms with Crippen molar-refractivity contribution in [2.24, 2.45) is 5.73 Å². The first kappa shape index (κ1) is 19.9. The van der Waals surface area contributed by atoms with Crippen molar-refractivity contribution in [2.75, 3.05) is 25.0 Å². The maximum absolute atomic E-state index is 12.4. The average Bonchev–Trinajstić information content (AvgIpc) is 2.74. The molecule has 1 fully saturated rings. The highest BCUT2D eigenvalue weighted by molar-refractivity contribution is 5.94. The van der Waals surface area contributed by atoms with E-state index in [1.807, 2.05) is 18.2 Å². The minimum atomic E-state index is -0.454. The predicted octanol–water partition coefficient (Wildman–Crippen LogP) is 3.41. The van der Waals surface area contributed by atoms with Gasteiger partial charge in [0, 0.05) is 31.4 Å². The Morgan fingerprint density at radius 1 is 1.00 bits per heavy atom. The predicted molar refractivity (Wildman–Crippen MR) is 113 cm³/mol. The third-order valence-electron chi connectivity index (χ3n) is 5.69. The molecule has 5 nitrogen and oxygen atoms in total. The van der Waals surface area contributed by atoms with Gasteiger partial charge in [-0.2, -0.15) is 0 Å². The van der Waals surface area contributed by atoms with Gasteiger partial charge < -0.3 is 16.0 Å². The quantitative estimate of drug-likeness (QED) is 0.808. The average molecular weight is 380 g/mol. The molecule has 28 heavy (non-hydrogen) atoms. The lowest BCUT2D eigenvalue weighted by Crippen LogP contribution is -2.32. The van der Waals surface area contributed by atoms with Crippen molar-refractivity contribution in [1.29, 1.82) is 0 Å². The van der Waals surface area contributed by atoms with Crippen molar-refractivity contribution >= 4 is 17.5 Å². The monoisotopic (exact) mass is 379 g/mol. The molecule has 2 unspecified atom stereocenters. The Hall–Kier alpha value is -2.82. The van der Waals surface area contributed by atoms with Crippen LogP contribution >= 0.6 is 0 Å². The van der Waals surface area contributed by atoms with Crippen LogP contribution < -0.4 is 16.0 Å². The third kappa shape index (κ3) is 4.19. The standard InChI is InChI=1S/C23H29N3O2/c1-16(19-8-4-5-9-20(19)26-14-6-3-7-15-26)21(22(24)27)17-10-12-18(13-11-17)23(28)25-2/h4-5,8-13,16,21H,3,6-7,14-15H2,1-2H3,(H2,24,27)(H,25,28). The fourth-order valence-electron chi connectivity index (χ4n) is 4.16. The van der Waals surface area contributed by atoms with Crippen LogP contribution in [-0.4, -0.2) is 32.0 Å². The van der Waals surface area contributed by atoms with Crippen molar-refractivity contribution in [3.8, 4) is 0 Å². The van der Waals surface area contributed by atoms with E-state index < -0.39 is 5.92 Å². The van der Waals surface area contributed by atoms with Crippen molar-refractivity contribution in [3.63, 3.8) is 0 Å². The number of primary amides is 1. The summed E-state index contributed by atoms with van der Waals surface area (Å²) in [7, 11) is 1.60. The van der Waals surface area contributed by atoms with Gasteiger partial charge >= 0.3 is 0 Å². The lowest BCUT2D eigenvalue weighted by atomic mass is 9.81. The summed E-state index contributed by atoms with van der Waals surface area (Å²) in [4.78, 5) is 26.6. The van der Waals surface area contributed by atoms with E-state index in [0.717, 1.165) is 24.2 Å². The van der Waals surface area contributed by atoms with Crippen molar-refractivity contribution < 1.29 is 9.59 Å². The number of amides is 2. The summed E-state index contributed by atoms with van der Waals surface area (Å²) in [6.07, 6.45) is 3.67. The van der Waals surface area contributed by atoms with Crippen LogP contribution in [0.3, 0.4) is 0 Å². The number of para-hydroxylation sites is 1. The Kier molecular flexibility index (Phi) is 6.34. The molecule has 1 heterocycles. The van der Waals surface area contributed by atoms with Gasteiger partial charge in [0.15, 0.2) is 0 Å². The van der Waals surface area contributed by atoms with E-state index in [9.17, 15) is 9.59 Å². The zero-order valence-corrected chi connectivity index (χ0v) is 16.7. The number of nitrogens with two attached hydrogens (primary N) is 1. The van der Waals surface area contributed by atoms with Crippen LogP contribution in [0, 0.1) is 0 Å². The summed E-state index contributed by atoms with van der Waals surface area (Å²) in [6.45, 7) is 4.16.